The fourth-order valence-corrected chi connectivity index (χ4v) is 4.74. The van der Waals surface area contributed by atoms with Crippen LogP contribution in [-0.4, -0.2) is 55.2 Å². The monoisotopic (exact) mass is 382 g/mol. The quantitative estimate of drug-likeness (QED) is 0.751. The Labute approximate surface area is 156 Å². The van der Waals surface area contributed by atoms with Crippen molar-refractivity contribution in [1.29, 1.82) is 0 Å². The number of piperidine rings is 1. The molecule has 2 N–H and O–H groups in total. The molecule has 0 atom stereocenters. The van der Waals surface area contributed by atoms with E-state index < -0.39 is 10.0 Å². The number of nitrogens with zero attached hydrogens (tertiary/aromatic N) is 2. The van der Waals surface area contributed by atoms with Crippen molar-refractivity contribution >= 4 is 16.1 Å². The molecule has 1 saturated heterocycles. The van der Waals surface area contributed by atoms with E-state index in [9.17, 15) is 13.2 Å². The average molecular weight is 383 g/mol. The highest BCUT2D eigenvalue weighted by atomic mass is 32.2. The van der Waals surface area contributed by atoms with Crippen LogP contribution in [0.5, 0.6) is 0 Å². The molecule has 2 amide bonds. The first kappa shape index (κ1) is 20.6. The minimum atomic E-state index is -3.14. The van der Waals surface area contributed by atoms with E-state index >= 15 is 0 Å². The fraction of sp³-hybridized carbons (Fsp3) is 0.667. The van der Waals surface area contributed by atoms with Crippen LogP contribution >= 0.6 is 0 Å². The SMILES string of the molecule is CCCS(=O)(=O)N1CCC(NC(=O)NCCc2ncc(C)cc2C)CC1. The van der Waals surface area contributed by atoms with E-state index in [-0.39, 0.29) is 17.8 Å². The summed E-state index contributed by atoms with van der Waals surface area (Å²) in [5.41, 5.74) is 3.25. The summed E-state index contributed by atoms with van der Waals surface area (Å²) in [6.45, 7) is 7.36. The summed E-state index contributed by atoms with van der Waals surface area (Å²) in [6.07, 6.45) is 4.44. The zero-order valence-corrected chi connectivity index (χ0v) is 16.7. The molecule has 2 heterocycles. The van der Waals surface area contributed by atoms with Gasteiger partial charge in [-0.3, -0.25) is 4.98 Å². The average Bonchev–Trinajstić information content (AvgIpc) is 2.57. The highest BCUT2D eigenvalue weighted by Crippen LogP contribution is 2.15. The minimum absolute atomic E-state index is 0.0160. The molecule has 0 aliphatic carbocycles. The van der Waals surface area contributed by atoms with Crippen molar-refractivity contribution in [2.45, 2.75) is 52.5 Å². The summed E-state index contributed by atoms with van der Waals surface area (Å²) in [4.78, 5) is 16.4. The molecule has 146 valence electrons. The maximum absolute atomic E-state index is 12.1. The van der Waals surface area contributed by atoms with Gasteiger partial charge in [-0.2, -0.15) is 0 Å². The lowest BCUT2D eigenvalue weighted by Crippen LogP contribution is -2.49. The van der Waals surface area contributed by atoms with E-state index in [0.29, 0.717) is 45.3 Å². The van der Waals surface area contributed by atoms with Gasteiger partial charge in [0.05, 0.1) is 5.75 Å². The second kappa shape index (κ2) is 9.32. The number of hydrogen-bond acceptors (Lipinski definition) is 4. The Morgan fingerprint density at radius 2 is 2.00 bits per heavy atom. The first-order valence-electron chi connectivity index (χ1n) is 9.26. The van der Waals surface area contributed by atoms with Gasteiger partial charge in [0.25, 0.3) is 0 Å². The Hall–Kier alpha value is -1.67. The molecule has 0 bridgehead atoms. The third kappa shape index (κ3) is 5.95. The van der Waals surface area contributed by atoms with Crippen molar-refractivity contribution in [3.05, 3.63) is 29.1 Å². The standard InChI is InChI=1S/C18H30N4O3S/c1-4-11-26(24,25)22-9-6-16(7-10-22)21-18(23)19-8-5-17-15(3)12-14(2)13-20-17/h12-13,16H,4-11H2,1-3H3,(H2,19,21,23). The summed E-state index contributed by atoms with van der Waals surface area (Å²) >= 11 is 0. The lowest BCUT2D eigenvalue weighted by molar-refractivity contribution is 0.227. The zero-order chi connectivity index (χ0) is 19.2. The molecule has 26 heavy (non-hydrogen) atoms. The lowest BCUT2D eigenvalue weighted by Gasteiger charge is -2.31. The second-order valence-corrected chi connectivity index (χ2v) is 9.00. The van der Waals surface area contributed by atoms with Crippen molar-refractivity contribution in [3.63, 3.8) is 0 Å². The van der Waals surface area contributed by atoms with Crippen LogP contribution in [-0.2, 0) is 16.4 Å². The van der Waals surface area contributed by atoms with E-state index in [0.717, 1.165) is 16.8 Å². The molecular formula is C18H30N4O3S. The first-order chi connectivity index (χ1) is 12.3. The number of amides is 2. The van der Waals surface area contributed by atoms with Crippen LogP contribution in [0, 0.1) is 13.8 Å². The number of carbonyl (C=O) groups is 1. The molecule has 0 spiro atoms. The number of pyridine rings is 1. The molecular weight excluding hydrogens is 352 g/mol. The van der Waals surface area contributed by atoms with Gasteiger partial charge in [0.1, 0.15) is 0 Å². The molecule has 1 fully saturated rings. The number of aryl methyl sites for hydroxylation is 2. The van der Waals surface area contributed by atoms with Crippen LogP contribution in [0.4, 0.5) is 4.79 Å². The van der Waals surface area contributed by atoms with Crippen LogP contribution in [0.25, 0.3) is 0 Å². The molecule has 1 aromatic rings. The Balaban J connectivity index is 1.71. The van der Waals surface area contributed by atoms with E-state index in [1.165, 1.54) is 0 Å². The van der Waals surface area contributed by atoms with Gasteiger partial charge in [-0.15, -0.1) is 0 Å². The summed E-state index contributed by atoms with van der Waals surface area (Å²) in [5, 5.41) is 5.80. The fourth-order valence-electron chi connectivity index (χ4n) is 3.20. The van der Waals surface area contributed by atoms with E-state index in [1.54, 1.807) is 4.31 Å². The van der Waals surface area contributed by atoms with Crippen LogP contribution in [0.15, 0.2) is 12.3 Å². The molecule has 1 aliphatic heterocycles. The molecule has 1 aromatic heterocycles. The van der Waals surface area contributed by atoms with Crippen molar-refractivity contribution in [2.24, 2.45) is 0 Å². The Kier molecular flexibility index (Phi) is 7.40. The third-order valence-corrected chi connectivity index (χ3v) is 6.69. The minimum Gasteiger partial charge on any atom is -0.338 e. The molecule has 0 aromatic carbocycles. The third-order valence-electron chi connectivity index (χ3n) is 4.62. The van der Waals surface area contributed by atoms with Gasteiger partial charge < -0.3 is 10.6 Å². The molecule has 8 heteroatoms. The number of carbonyl (C=O) groups excluding carboxylic acids is 1. The van der Waals surface area contributed by atoms with Gasteiger partial charge in [0.2, 0.25) is 10.0 Å². The van der Waals surface area contributed by atoms with Crippen molar-refractivity contribution in [2.75, 3.05) is 25.4 Å². The molecule has 0 saturated carbocycles. The van der Waals surface area contributed by atoms with E-state index in [2.05, 4.69) is 21.7 Å². The smallest absolute Gasteiger partial charge is 0.315 e. The summed E-state index contributed by atoms with van der Waals surface area (Å²) in [7, 11) is -3.14. The summed E-state index contributed by atoms with van der Waals surface area (Å²) < 4.78 is 25.7. The number of sulfonamides is 1. The maximum atomic E-state index is 12.1. The molecule has 0 radical (unpaired) electrons. The molecule has 1 aliphatic rings. The number of aromatic nitrogens is 1. The normalized spacial score (nSPS) is 16.4. The van der Waals surface area contributed by atoms with Crippen LogP contribution in [0.3, 0.4) is 0 Å². The molecule has 2 rings (SSSR count). The number of nitrogens with one attached hydrogen (secondary N) is 2. The Bertz CT molecular complexity index is 713. The van der Waals surface area contributed by atoms with E-state index in [1.807, 2.05) is 27.0 Å². The largest absolute Gasteiger partial charge is 0.338 e. The molecule has 0 unspecified atom stereocenters. The van der Waals surface area contributed by atoms with Crippen molar-refractivity contribution in [1.82, 2.24) is 19.9 Å². The van der Waals surface area contributed by atoms with Crippen LogP contribution < -0.4 is 10.6 Å². The Morgan fingerprint density at radius 3 is 2.62 bits per heavy atom. The van der Waals surface area contributed by atoms with Crippen molar-refractivity contribution < 1.29 is 13.2 Å². The highest BCUT2D eigenvalue weighted by molar-refractivity contribution is 7.89. The van der Waals surface area contributed by atoms with Gasteiger partial charge in [-0.05, 0) is 44.2 Å². The van der Waals surface area contributed by atoms with Crippen molar-refractivity contribution in [3.8, 4) is 0 Å². The topological polar surface area (TPSA) is 91.4 Å². The number of rotatable bonds is 7. The maximum Gasteiger partial charge on any atom is 0.315 e. The number of hydrogen-bond donors (Lipinski definition) is 2. The summed E-state index contributed by atoms with van der Waals surface area (Å²) in [6, 6.07) is 1.90. The molecule has 7 nitrogen and oxygen atoms in total. The number of urea groups is 1. The van der Waals surface area contributed by atoms with Gasteiger partial charge >= 0.3 is 6.03 Å². The van der Waals surface area contributed by atoms with Crippen LogP contribution in [0.1, 0.15) is 43.0 Å². The lowest BCUT2D eigenvalue weighted by atomic mass is 10.1. The Morgan fingerprint density at radius 1 is 1.31 bits per heavy atom. The van der Waals surface area contributed by atoms with Gasteiger partial charge in [-0.25, -0.2) is 17.5 Å². The van der Waals surface area contributed by atoms with Gasteiger partial charge in [-0.1, -0.05) is 13.0 Å². The summed E-state index contributed by atoms with van der Waals surface area (Å²) in [5.74, 6) is 0.193. The zero-order valence-electron chi connectivity index (χ0n) is 15.9. The highest BCUT2D eigenvalue weighted by Gasteiger charge is 2.27. The van der Waals surface area contributed by atoms with E-state index in [4.69, 9.17) is 0 Å². The van der Waals surface area contributed by atoms with Gasteiger partial charge in [0.15, 0.2) is 0 Å². The predicted octanol–water partition coefficient (Wildman–Crippen LogP) is 1.74. The van der Waals surface area contributed by atoms with Crippen LogP contribution in [0.2, 0.25) is 0 Å². The second-order valence-electron chi connectivity index (χ2n) is 6.92. The predicted molar refractivity (Wildman–Crippen MR) is 103 cm³/mol. The van der Waals surface area contributed by atoms with Gasteiger partial charge in [0, 0.05) is 44.0 Å². The first-order valence-corrected chi connectivity index (χ1v) is 10.9.